The number of likely N-dealkylation sites (tertiary alicyclic amines) is 3. The molecular weight excluding hydrogens is 1050 g/mol. The molecule has 7 heterocycles. The van der Waals surface area contributed by atoms with Gasteiger partial charge in [-0.3, -0.25) is 0 Å². The smallest absolute Gasteiger partial charge is 0.474 e. The fraction of sp³-hybridized carbons (Fsp3) is 0.526. The van der Waals surface area contributed by atoms with Crippen LogP contribution in [0, 0.1) is 0 Å². The van der Waals surface area contributed by atoms with Gasteiger partial charge in [0.1, 0.15) is 18.3 Å². The van der Waals surface area contributed by atoms with Gasteiger partial charge in [-0.15, -0.1) is 0 Å². The number of anilines is 2. The van der Waals surface area contributed by atoms with E-state index in [4.69, 9.17) is 35.0 Å². The lowest BCUT2D eigenvalue weighted by molar-refractivity contribution is 0.00578. The summed E-state index contributed by atoms with van der Waals surface area (Å²) in [6.45, 7) is 14.8. The van der Waals surface area contributed by atoms with Gasteiger partial charge in [0.2, 0.25) is 17.6 Å². The van der Waals surface area contributed by atoms with Crippen molar-refractivity contribution in [1.82, 2.24) is 29.7 Å². The number of benzene rings is 2. The van der Waals surface area contributed by atoms with Gasteiger partial charge in [0.25, 0.3) is 0 Å². The summed E-state index contributed by atoms with van der Waals surface area (Å²) in [5.74, 6) is 2.09. The average Bonchev–Trinajstić information content (AvgIpc) is 4.12. The molecule has 2 aliphatic carbocycles. The van der Waals surface area contributed by atoms with E-state index in [2.05, 4.69) is 129 Å². The standard InChI is InChI=1S/C20H25N3O.C17H27BN2O3.C11H15BrN2O.C9H10BrN/c1-23-11-8-16(9-12-23)24-19-13-15(7-10-22-19)18-6-5-14-3-2-4-17(14)20(18)21;1-16(2)17(3,4)23-18(22-16)13-6-9-19-15(12-13)21-14-7-10-20(5)11-8-14;1-14-6-3-10(4-7-14)15-11-8-9(12)2-5-13-11;10-8-5-4-6-2-1-3-7(6)9(8)11/h5-7,10,13,16H,2-4,8-9,11-12,21H2,1H3;6,9,12,14H,7-8,10-11H2,1-5H3;2,5,8,10H,3-4,6-7H2,1H3;4-5H,1-3,11H2. The van der Waals surface area contributed by atoms with E-state index in [9.17, 15) is 0 Å². The maximum absolute atomic E-state index is 6.45. The Bertz CT molecular complexity index is 2590. The number of aryl methyl sites for hydroxylation is 2. The molecule has 392 valence electrons. The second-order valence-corrected chi connectivity index (χ2v) is 23.3. The third kappa shape index (κ3) is 14.8. The molecule has 0 amide bonds. The third-order valence-corrected chi connectivity index (χ3v) is 16.7. The van der Waals surface area contributed by atoms with Crippen molar-refractivity contribution < 1.29 is 23.5 Å². The number of fused-ring (bicyclic) bond motifs is 2. The first-order chi connectivity index (χ1) is 35.0. The lowest BCUT2D eigenvalue weighted by Crippen LogP contribution is -2.41. The molecule has 73 heavy (non-hydrogen) atoms. The summed E-state index contributed by atoms with van der Waals surface area (Å²) in [5.41, 5.74) is 22.2. The van der Waals surface area contributed by atoms with Crippen LogP contribution in [0.15, 0.2) is 88.2 Å². The molecule has 0 saturated carbocycles. The Balaban J connectivity index is 0.000000135. The molecule has 3 aromatic heterocycles. The quantitative estimate of drug-likeness (QED) is 0.112. The molecule has 0 atom stereocenters. The summed E-state index contributed by atoms with van der Waals surface area (Å²) >= 11 is 6.83. The van der Waals surface area contributed by atoms with Crippen LogP contribution in [0.25, 0.3) is 11.1 Å². The SMILES string of the molecule is CN1CCC(Oc2cc(-c3ccc4c(c3N)CCC4)ccn2)CC1.CN1CCC(Oc2cc(B3OC(C)(C)C(C)(C)O3)ccn2)CC1.CN1CCC(Oc2cc(Br)ccn2)CC1.Nc1c(Br)ccc2c1CCC2. The van der Waals surface area contributed by atoms with Crippen molar-refractivity contribution in [2.24, 2.45) is 0 Å². The van der Waals surface area contributed by atoms with E-state index < -0.39 is 0 Å². The molecule has 5 aromatic rings. The van der Waals surface area contributed by atoms with Crippen LogP contribution in [0.5, 0.6) is 17.6 Å². The van der Waals surface area contributed by atoms with Gasteiger partial charge in [-0.25, -0.2) is 15.0 Å². The molecule has 4 N–H and O–H groups in total. The van der Waals surface area contributed by atoms with Crippen molar-refractivity contribution >= 4 is 55.8 Å². The minimum atomic E-state index is -0.372. The molecule has 4 saturated heterocycles. The number of pyridine rings is 3. The second-order valence-electron chi connectivity index (χ2n) is 21.5. The van der Waals surface area contributed by atoms with Crippen LogP contribution in [0.3, 0.4) is 0 Å². The van der Waals surface area contributed by atoms with Crippen LogP contribution < -0.4 is 31.1 Å². The number of nitrogens with zero attached hydrogens (tertiary/aromatic N) is 6. The van der Waals surface area contributed by atoms with Gasteiger partial charge >= 0.3 is 7.12 Å². The lowest BCUT2D eigenvalue weighted by Gasteiger charge is -2.32. The Morgan fingerprint density at radius 1 is 0.548 bits per heavy atom. The number of aromatic nitrogens is 3. The molecule has 11 rings (SSSR count). The number of hydrogen-bond acceptors (Lipinski definition) is 13. The lowest BCUT2D eigenvalue weighted by atomic mass is 9.80. The Morgan fingerprint density at radius 3 is 1.49 bits per heavy atom. The molecule has 16 heteroatoms. The number of nitrogen functional groups attached to an aromatic ring is 2. The van der Waals surface area contributed by atoms with E-state index in [-0.39, 0.29) is 30.5 Å². The molecule has 4 fully saturated rings. The highest BCUT2D eigenvalue weighted by Crippen LogP contribution is 2.38. The Kier molecular flexibility index (Phi) is 18.9. The second kappa shape index (κ2) is 25.0. The Hall–Kier alpha value is -4.29. The van der Waals surface area contributed by atoms with E-state index in [0.717, 1.165) is 140 Å². The largest absolute Gasteiger partial charge is 0.495 e. The zero-order valence-corrected chi connectivity index (χ0v) is 47.4. The highest BCUT2D eigenvalue weighted by atomic mass is 79.9. The average molecular weight is 1120 g/mol. The van der Waals surface area contributed by atoms with Crippen LogP contribution in [0.1, 0.15) is 101 Å². The van der Waals surface area contributed by atoms with Crippen LogP contribution in [0.4, 0.5) is 11.4 Å². The number of ether oxygens (including phenoxy) is 3. The van der Waals surface area contributed by atoms with Gasteiger partial charge in [0, 0.05) is 102 Å². The minimum Gasteiger partial charge on any atom is -0.474 e. The maximum Gasteiger partial charge on any atom is 0.495 e. The Labute approximate surface area is 451 Å². The van der Waals surface area contributed by atoms with Crippen molar-refractivity contribution in [2.75, 3.05) is 71.9 Å². The molecule has 0 radical (unpaired) electrons. The van der Waals surface area contributed by atoms with Crippen LogP contribution >= 0.6 is 31.9 Å². The van der Waals surface area contributed by atoms with Crippen molar-refractivity contribution in [1.29, 1.82) is 0 Å². The summed E-state index contributed by atoms with van der Waals surface area (Å²) in [6.07, 6.45) is 19.6. The summed E-state index contributed by atoms with van der Waals surface area (Å²) < 4.78 is 32.2. The predicted molar refractivity (Wildman–Crippen MR) is 302 cm³/mol. The van der Waals surface area contributed by atoms with Crippen LogP contribution in [-0.2, 0) is 35.0 Å². The van der Waals surface area contributed by atoms with Crippen molar-refractivity contribution in [3.63, 3.8) is 0 Å². The first-order valence-corrected chi connectivity index (χ1v) is 28.0. The van der Waals surface area contributed by atoms with Gasteiger partial charge in [0.15, 0.2) is 0 Å². The summed E-state index contributed by atoms with van der Waals surface area (Å²) in [6, 6.07) is 20.3. The monoisotopic (exact) mass is 1120 g/mol. The fourth-order valence-corrected chi connectivity index (χ4v) is 10.8. The highest BCUT2D eigenvalue weighted by molar-refractivity contribution is 9.10. The number of nitrogens with two attached hydrogens (primary N) is 2. The molecule has 13 nitrogen and oxygen atoms in total. The van der Waals surface area contributed by atoms with E-state index in [1.165, 1.54) is 41.5 Å². The Morgan fingerprint density at radius 2 is 0.986 bits per heavy atom. The number of halogens is 2. The fourth-order valence-electron chi connectivity index (χ4n) is 10.1. The summed E-state index contributed by atoms with van der Waals surface area (Å²) in [4.78, 5) is 19.9. The first kappa shape index (κ1) is 55.0. The maximum atomic E-state index is 6.45. The molecule has 0 unspecified atom stereocenters. The number of rotatable bonds is 8. The highest BCUT2D eigenvalue weighted by Gasteiger charge is 2.51. The normalized spacial score (nSPS) is 20.1. The molecule has 6 aliphatic rings. The predicted octanol–water partition coefficient (Wildman–Crippen LogP) is 9.98. The van der Waals surface area contributed by atoms with E-state index >= 15 is 0 Å². The van der Waals surface area contributed by atoms with Gasteiger partial charge < -0.3 is 49.7 Å². The molecule has 0 spiro atoms. The van der Waals surface area contributed by atoms with E-state index in [0.29, 0.717) is 17.9 Å². The topological polar surface area (TPSA) is 147 Å². The first-order valence-electron chi connectivity index (χ1n) is 26.4. The molecule has 4 aliphatic heterocycles. The van der Waals surface area contributed by atoms with Gasteiger partial charge in [0.05, 0.1) is 11.2 Å². The van der Waals surface area contributed by atoms with Crippen molar-refractivity contribution in [3.05, 3.63) is 110 Å². The molecule has 0 bridgehead atoms. The van der Waals surface area contributed by atoms with Gasteiger partial charge in [-0.1, -0.05) is 34.1 Å². The zero-order chi connectivity index (χ0) is 51.7. The van der Waals surface area contributed by atoms with E-state index in [1.54, 1.807) is 12.4 Å². The number of hydrogen-bond donors (Lipinski definition) is 2. The third-order valence-electron chi connectivity index (χ3n) is 15.5. The van der Waals surface area contributed by atoms with Gasteiger partial charge in [-0.05, 0) is 199 Å². The minimum absolute atomic E-state index is 0.243. The van der Waals surface area contributed by atoms with E-state index in [1.807, 2.05) is 48.7 Å². The van der Waals surface area contributed by atoms with Crippen molar-refractivity contribution in [3.8, 4) is 28.8 Å². The molecular formula is C57H77BBr2N8O5. The summed E-state index contributed by atoms with van der Waals surface area (Å²) in [7, 11) is 6.08. The van der Waals surface area contributed by atoms with Crippen molar-refractivity contribution in [2.45, 2.75) is 134 Å². The zero-order valence-electron chi connectivity index (χ0n) is 44.2. The van der Waals surface area contributed by atoms with Crippen LogP contribution in [0.2, 0.25) is 0 Å². The number of piperidine rings is 3. The molecule has 2 aromatic carbocycles. The van der Waals surface area contributed by atoms with Gasteiger partial charge in [-0.2, -0.15) is 0 Å². The summed E-state index contributed by atoms with van der Waals surface area (Å²) in [5, 5.41) is 0. The van der Waals surface area contributed by atoms with Crippen LogP contribution in [-0.4, -0.2) is 127 Å².